The van der Waals surface area contributed by atoms with Crippen LogP contribution < -0.4 is 19.1 Å². The molecule has 0 saturated heterocycles. The average Bonchev–Trinajstić information content (AvgIpc) is 2.89. The van der Waals surface area contributed by atoms with E-state index >= 15 is 0 Å². The van der Waals surface area contributed by atoms with E-state index in [4.69, 9.17) is 23.3 Å². The number of hydrogen-bond acceptors (Lipinski definition) is 7. The minimum absolute atomic E-state index is 0.329. The second-order valence-electron chi connectivity index (χ2n) is 7.60. The topological polar surface area (TPSA) is 66.5 Å². The molecule has 0 aromatic heterocycles. The van der Waals surface area contributed by atoms with Gasteiger partial charge in [-0.3, -0.25) is 4.57 Å². The van der Waals surface area contributed by atoms with Gasteiger partial charge in [0.1, 0.15) is 17.2 Å². The summed E-state index contributed by atoms with van der Waals surface area (Å²) in [6.07, 6.45) is 0.901. The van der Waals surface area contributed by atoms with E-state index in [0.29, 0.717) is 32.4 Å². The normalized spacial score (nSPS) is 11.2. The Morgan fingerprint density at radius 2 is 1.06 bits per heavy atom. The van der Waals surface area contributed by atoms with Crippen molar-refractivity contribution in [2.75, 3.05) is 45.1 Å². The molecule has 0 N–H and O–H groups in total. The van der Waals surface area contributed by atoms with Gasteiger partial charge in [0.25, 0.3) is 0 Å². The molecule has 0 aliphatic heterocycles. The molecule has 8 heteroatoms. The zero-order chi connectivity index (χ0) is 25.1. The molecule has 0 heterocycles. The SMILES string of the molecule is CCOP(=O)(CCCOc1ccc(N(c2ccc(OC)cc2)c2ccc(OC)cc2)cc1)OCC. The van der Waals surface area contributed by atoms with Crippen molar-refractivity contribution in [1.82, 2.24) is 0 Å². The summed E-state index contributed by atoms with van der Waals surface area (Å²) in [5.74, 6) is 2.33. The third-order valence-electron chi connectivity index (χ3n) is 5.25. The van der Waals surface area contributed by atoms with Gasteiger partial charge in [0.2, 0.25) is 0 Å². The summed E-state index contributed by atoms with van der Waals surface area (Å²) in [5, 5.41) is 0. The number of rotatable bonds is 14. The van der Waals surface area contributed by atoms with Crippen LogP contribution in [0.1, 0.15) is 20.3 Å². The summed E-state index contributed by atoms with van der Waals surface area (Å²) >= 11 is 0. The van der Waals surface area contributed by atoms with Crippen molar-refractivity contribution in [2.24, 2.45) is 0 Å². The van der Waals surface area contributed by atoms with E-state index in [2.05, 4.69) is 4.90 Å². The molecular formula is C27H34NO6P. The highest BCUT2D eigenvalue weighted by atomic mass is 31.2. The van der Waals surface area contributed by atoms with E-state index in [0.717, 1.165) is 34.3 Å². The average molecular weight is 500 g/mol. The van der Waals surface area contributed by atoms with Crippen LogP contribution >= 0.6 is 7.60 Å². The van der Waals surface area contributed by atoms with E-state index in [1.807, 2.05) is 86.6 Å². The van der Waals surface area contributed by atoms with Crippen LogP contribution in [-0.4, -0.2) is 40.2 Å². The fraction of sp³-hybridized carbons (Fsp3) is 0.333. The predicted molar refractivity (Wildman–Crippen MR) is 140 cm³/mol. The molecule has 0 bridgehead atoms. The van der Waals surface area contributed by atoms with Crippen LogP contribution in [0.15, 0.2) is 72.8 Å². The minimum Gasteiger partial charge on any atom is -0.497 e. The summed E-state index contributed by atoms with van der Waals surface area (Å²) in [6, 6.07) is 23.7. The van der Waals surface area contributed by atoms with Gasteiger partial charge in [-0.1, -0.05) is 0 Å². The van der Waals surface area contributed by atoms with Crippen molar-refractivity contribution in [3.05, 3.63) is 72.8 Å². The molecular weight excluding hydrogens is 465 g/mol. The maximum absolute atomic E-state index is 12.6. The molecule has 3 aromatic carbocycles. The van der Waals surface area contributed by atoms with Crippen LogP contribution in [0.5, 0.6) is 17.2 Å². The third-order valence-corrected chi connectivity index (χ3v) is 7.42. The highest BCUT2D eigenvalue weighted by molar-refractivity contribution is 7.53. The van der Waals surface area contributed by atoms with Crippen molar-refractivity contribution in [2.45, 2.75) is 20.3 Å². The first kappa shape index (κ1) is 26.6. The van der Waals surface area contributed by atoms with Crippen molar-refractivity contribution >= 4 is 24.7 Å². The third kappa shape index (κ3) is 7.49. The van der Waals surface area contributed by atoms with Gasteiger partial charge < -0.3 is 28.2 Å². The van der Waals surface area contributed by atoms with Crippen molar-refractivity contribution in [3.63, 3.8) is 0 Å². The quantitative estimate of drug-likeness (QED) is 0.171. The first-order valence-electron chi connectivity index (χ1n) is 11.7. The molecule has 0 unspecified atom stereocenters. The monoisotopic (exact) mass is 499 g/mol. The van der Waals surface area contributed by atoms with Gasteiger partial charge in [-0.15, -0.1) is 0 Å². The fourth-order valence-corrected chi connectivity index (χ4v) is 5.25. The van der Waals surface area contributed by atoms with E-state index in [9.17, 15) is 4.57 Å². The smallest absolute Gasteiger partial charge is 0.330 e. The molecule has 0 radical (unpaired) electrons. The molecule has 35 heavy (non-hydrogen) atoms. The van der Waals surface area contributed by atoms with Crippen LogP contribution in [0.25, 0.3) is 0 Å². The number of ether oxygens (including phenoxy) is 3. The lowest BCUT2D eigenvalue weighted by atomic mass is 10.2. The number of hydrogen-bond donors (Lipinski definition) is 0. The molecule has 0 fully saturated rings. The maximum atomic E-state index is 12.6. The van der Waals surface area contributed by atoms with E-state index in [-0.39, 0.29) is 0 Å². The fourth-order valence-electron chi connectivity index (χ4n) is 3.61. The molecule has 3 aromatic rings. The molecule has 7 nitrogen and oxygen atoms in total. The van der Waals surface area contributed by atoms with E-state index in [1.54, 1.807) is 14.2 Å². The van der Waals surface area contributed by atoms with Gasteiger partial charge >= 0.3 is 7.60 Å². The van der Waals surface area contributed by atoms with Crippen LogP contribution in [0, 0.1) is 0 Å². The molecule has 0 saturated carbocycles. The zero-order valence-electron chi connectivity index (χ0n) is 20.8. The highest BCUT2D eigenvalue weighted by Gasteiger charge is 2.22. The van der Waals surface area contributed by atoms with Gasteiger partial charge in [0, 0.05) is 17.1 Å². The first-order chi connectivity index (χ1) is 17.0. The highest BCUT2D eigenvalue weighted by Crippen LogP contribution is 2.48. The van der Waals surface area contributed by atoms with Gasteiger partial charge in [0.15, 0.2) is 0 Å². The van der Waals surface area contributed by atoms with E-state index < -0.39 is 7.60 Å². The summed E-state index contributed by atoms with van der Waals surface area (Å²) in [4.78, 5) is 2.14. The number of nitrogens with zero attached hydrogens (tertiary/aromatic N) is 1. The lowest BCUT2D eigenvalue weighted by Crippen LogP contribution is -2.10. The zero-order valence-corrected chi connectivity index (χ0v) is 21.7. The molecule has 0 aliphatic carbocycles. The Labute approximate surface area is 208 Å². The van der Waals surface area contributed by atoms with Crippen molar-refractivity contribution < 1.29 is 27.8 Å². The molecule has 188 valence electrons. The summed E-state index contributed by atoms with van der Waals surface area (Å²) < 4.78 is 39.8. The lowest BCUT2D eigenvalue weighted by molar-refractivity contribution is 0.216. The van der Waals surface area contributed by atoms with Gasteiger partial charge in [-0.05, 0) is 93.1 Å². The van der Waals surface area contributed by atoms with Crippen LogP contribution in [0.3, 0.4) is 0 Å². The Morgan fingerprint density at radius 3 is 1.43 bits per heavy atom. The predicted octanol–water partition coefficient (Wildman–Crippen LogP) is 7.21. The standard InChI is InChI=1S/C27H34NO6P/c1-5-33-35(29,34-6-2)21-7-20-32-27-18-12-24(13-19-27)28(22-8-14-25(30-3)15-9-22)23-10-16-26(31-4)17-11-23/h8-19H,5-7,20-21H2,1-4H3. The second-order valence-corrected chi connectivity index (χ2v) is 9.78. The summed E-state index contributed by atoms with van der Waals surface area (Å²) in [5.41, 5.74) is 2.96. The van der Waals surface area contributed by atoms with Gasteiger partial charge in [-0.25, -0.2) is 0 Å². The van der Waals surface area contributed by atoms with Crippen molar-refractivity contribution in [1.29, 1.82) is 0 Å². The number of anilines is 3. The molecule has 3 rings (SSSR count). The summed E-state index contributed by atoms with van der Waals surface area (Å²) in [6.45, 7) is 4.76. The van der Waals surface area contributed by atoms with Crippen molar-refractivity contribution in [3.8, 4) is 17.2 Å². The first-order valence-corrected chi connectivity index (χ1v) is 13.4. The maximum Gasteiger partial charge on any atom is 0.330 e. The van der Waals surface area contributed by atoms with Crippen LogP contribution in [0.2, 0.25) is 0 Å². The number of benzene rings is 3. The Balaban J connectivity index is 1.72. The Morgan fingerprint density at radius 1 is 0.657 bits per heavy atom. The number of methoxy groups -OCH3 is 2. The second kappa shape index (κ2) is 13.2. The van der Waals surface area contributed by atoms with Crippen LogP contribution in [0.4, 0.5) is 17.1 Å². The molecule has 0 atom stereocenters. The van der Waals surface area contributed by atoms with Crippen LogP contribution in [-0.2, 0) is 13.6 Å². The molecule has 0 amide bonds. The molecule has 0 aliphatic rings. The van der Waals surface area contributed by atoms with Gasteiger partial charge in [0.05, 0.1) is 40.2 Å². The molecule has 0 spiro atoms. The van der Waals surface area contributed by atoms with E-state index in [1.165, 1.54) is 0 Å². The van der Waals surface area contributed by atoms with Gasteiger partial charge in [-0.2, -0.15) is 0 Å². The Bertz CT molecular complexity index is 1010. The lowest BCUT2D eigenvalue weighted by Gasteiger charge is -2.26. The largest absolute Gasteiger partial charge is 0.497 e. The summed E-state index contributed by atoms with van der Waals surface area (Å²) in [7, 11) is 0.262. The minimum atomic E-state index is -3.05. The Kier molecular flexibility index (Phi) is 10.0. The Hall–Kier alpha value is -2.99.